The Bertz CT molecular complexity index is 1310. The Morgan fingerprint density at radius 1 is 1.15 bits per heavy atom. The van der Waals surface area contributed by atoms with Crippen LogP contribution in [0.3, 0.4) is 0 Å². The number of Topliss-reactive ketones (excluding diaryl/α,β-unsaturated/α-hetero) is 1. The van der Waals surface area contributed by atoms with Gasteiger partial charge >= 0.3 is 0 Å². The number of halogens is 1. The summed E-state index contributed by atoms with van der Waals surface area (Å²) in [4.78, 5) is 26.7. The molecule has 9 nitrogen and oxygen atoms in total. The van der Waals surface area contributed by atoms with Gasteiger partial charge in [-0.25, -0.2) is 13.6 Å². The maximum absolute atomic E-state index is 13.5. The summed E-state index contributed by atoms with van der Waals surface area (Å²) in [6.07, 6.45) is 1.62. The Morgan fingerprint density at radius 3 is 2.33 bits per heavy atom. The van der Waals surface area contributed by atoms with Crippen LogP contribution in [0.2, 0.25) is 5.02 Å². The number of ether oxygens (including phenoxy) is 3. The van der Waals surface area contributed by atoms with E-state index in [4.69, 9.17) is 31.0 Å². The lowest BCUT2D eigenvalue weighted by atomic mass is 9.74. The number of hydrogen-bond acceptors (Lipinski definition) is 8. The van der Waals surface area contributed by atoms with Gasteiger partial charge in [-0.15, -0.1) is 0 Å². The average Bonchev–Trinajstić information content (AvgIpc) is 3.07. The summed E-state index contributed by atoms with van der Waals surface area (Å²) in [5.41, 5.74) is -0.564. The van der Waals surface area contributed by atoms with Crippen LogP contribution in [0.1, 0.15) is 23.7 Å². The molecule has 2 aromatic rings. The summed E-state index contributed by atoms with van der Waals surface area (Å²) in [7, 11) is -0.993. The second kappa shape index (κ2) is 8.05. The third-order valence-electron chi connectivity index (χ3n) is 5.80. The van der Waals surface area contributed by atoms with E-state index in [9.17, 15) is 18.0 Å². The van der Waals surface area contributed by atoms with Gasteiger partial charge in [0.25, 0.3) is 0 Å². The number of carbonyl (C=O) groups is 2. The molecule has 0 aromatic heterocycles. The largest absolute Gasteiger partial charge is 0.496 e. The van der Waals surface area contributed by atoms with E-state index in [1.165, 1.54) is 50.6 Å². The van der Waals surface area contributed by atoms with Crippen molar-refractivity contribution >= 4 is 38.9 Å². The van der Waals surface area contributed by atoms with E-state index in [0.717, 1.165) is 0 Å². The molecule has 2 aliphatic rings. The van der Waals surface area contributed by atoms with Crippen LogP contribution in [0.25, 0.3) is 0 Å². The van der Waals surface area contributed by atoms with Crippen molar-refractivity contribution in [2.24, 2.45) is 11.1 Å². The summed E-state index contributed by atoms with van der Waals surface area (Å²) in [5.74, 6) is -1.09. The van der Waals surface area contributed by atoms with E-state index in [0.29, 0.717) is 17.8 Å². The molecule has 1 spiro atoms. The number of nitrogens with two attached hydrogens (primary N) is 1. The number of anilines is 1. The minimum absolute atomic E-state index is 0.0296. The summed E-state index contributed by atoms with van der Waals surface area (Å²) < 4.78 is 39.4. The maximum Gasteiger partial charge on any atom is 0.238 e. The van der Waals surface area contributed by atoms with Crippen LogP contribution in [-0.2, 0) is 14.8 Å². The van der Waals surface area contributed by atoms with Gasteiger partial charge in [0, 0.05) is 29.4 Å². The monoisotopic (exact) mass is 492 g/mol. The molecule has 11 heteroatoms. The Kier molecular flexibility index (Phi) is 5.63. The molecule has 1 heterocycles. The molecule has 4 rings (SSSR count). The molecule has 0 radical (unpaired) electrons. The Morgan fingerprint density at radius 2 is 1.79 bits per heavy atom. The molecule has 0 saturated carbocycles. The van der Waals surface area contributed by atoms with Crippen molar-refractivity contribution in [3.63, 3.8) is 0 Å². The molecule has 0 fully saturated rings. The van der Waals surface area contributed by atoms with Gasteiger partial charge in [0.15, 0.2) is 5.75 Å². The van der Waals surface area contributed by atoms with E-state index in [-0.39, 0.29) is 32.7 Å². The fourth-order valence-electron chi connectivity index (χ4n) is 4.13. The van der Waals surface area contributed by atoms with E-state index in [1.807, 2.05) is 0 Å². The number of hydrogen-bond donors (Lipinski definition) is 2. The Balaban J connectivity index is 1.67. The van der Waals surface area contributed by atoms with Gasteiger partial charge in [-0.3, -0.25) is 9.59 Å². The van der Waals surface area contributed by atoms with E-state index in [1.54, 1.807) is 6.92 Å². The zero-order valence-electron chi connectivity index (χ0n) is 18.0. The molecule has 2 aromatic carbocycles. The first-order valence-corrected chi connectivity index (χ1v) is 11.8. The van der Waals surface area contributed by atoms with Crippen molar-refractivity contribution in [2.75, 3.05) is 19.5 Å². The molecular formula is C22H21ClN2O7S. The van der Waals surface area contributed by atoms with E-state index < -0.39 is 33.1 Å². The zero-order chi connectivity index (χ0) is 24.1. The summed E-state index contributed by atoms with van der Waals surface area (Å²) in [5, 5.41) is 8.28. The lowest BCUT2D eigenvalue weighted by Gasteiger charge is -2.35. The average molecular weight is 493 g/mol. The van der Waals surface area contributed by atoms with Crippen LogP contribution < -0.4 is 24.7 Å². The van der Waals surface area contributed by atoms with Crippen LogP contribution in [-0.4, -0.2) is 39.8 Å². The van der Waals surface area contributed by atoms with Crippen LogP contribution in [0.15, 0.2) is 47.0 Å². The van der Waals surface area contributed by atoms with Gasteiger partial charge in [-0.1, -0.05) is 18.5 Å². The summed E-state index contributed by atoms with van der Waals surface area (Å²) in [6, 6.07) is 7.26. The fraction of sp³-hybridized carbons (Fsp3) is 0.273. The van der Waals surface area contributed by atoms with E-state index >= 15 is 0 Å². The SMILES string of the molecule is COc1cc(OC)c2c(c1Cl)OC1(C(=O)C=C(Nc3ccc(S(N)(=O)=O)cc3)CC1C)C2=O. The molecule has 0 saturated heterocycles. The molecule has 174 valence electrons. The number of benzene rings is 2. The topological polar surface area (TPSA) is 134 Å². The van der Waals surface area contributed by atoms with Crippen LogP contribution in [0.5, 0.6) is 17.2 Å². The minimum atomic E-state index is -3.81. The molecular weight excluding hydrogens is 472 g/mol. The van der Waals surface area contributed by atoms with Crippen molar-refractivity contribution in [2.45, 2.75) is 23.8 Å². The minimum Gasteiger partial charge on any atom is -0.496 e. The second-order valence-corrected chi connectivity index (χ2v) is 9.74. The molecule has 0 amide bonds. The number of rotatable bonds is 5. The number of allylic oxidation sites excluding steroid dienone is 1. The van der Waals surface area contributed by atoms with Crippen LogP contribution in [0, 0.1) is 5.92 Å². The molecule has 1 aliphatic carbocycles. The highest BCUT2D eigenvalue weighted by molar-refractivity contribution is 7.89. The van der Waals surface area contributed by atoms with Gasteiger partial charge in [0.1, 0.15) is 22.1 Å². The second-order valence-electron chi connectivity index (χ2n) is 7.80. The van der Waals surface area contributed by atoms with Gasteiger partial charge in [-0.2, -0.15) is 0 Å². The van der Waals surface area contributed by atoms with Gasteiger partial charge < -0.3 is 19.5 Å². The van der Waals surface area contributed by atoms with Gasteiger partial charge in [-0.05, 0) is 30.7 Å². The van der Waals surface area contributed by atoms with Gasteiger partial charge in [0.05, 0.1) is 19.1 Å². The predicted octanol–water partition coefficient (Wildman–Crippen LogP) is 2.92. The Labute approximate surface area is 195 Å². The van der Waals surface area contributed by atoms with Crippen LogP contribution in [0.4, 0.5) is 5.69 Å². The summed E-state index contributed by atoms with van der Waals surface area (Å²) in [6.45, 7) is 1.73. The van der Waals surface area contributed by atoms with Crippen molar-refractivity contribution in [3.8, 4) is 17.2 Å². The highest BCUT2D eigenvalue weighted by Crippen LogP contribution is 2.53. The highest BCUT2D eigenvalue weighted by atomic mass is 35.5. The lowest BCUT2D eigenvalue weighted by molar-refractivity contribution is -0.129. The standard InChI is InChI=1S/C22H21ClN2O7S/c1-11-8-13(25-12-4-6-14(7-5-12)33(24,28)29)9-17(26)22(11)21(27)18-15(30-2)10-16(31-3)19(23)20(18)32-22/h4-7,9-11,25H,8H2,1-3H3,(H2,24,28,29). The molecule has 2 unspecified atom stereocenters. The number of sulfonamides is 1. The van der Waals surface area contributed by atoms with Crippen molar-refractivity contribution < 1.29 is 32.2 Å². The predicted molar refractivity (Wildman–Crippen MR) is 121 cm³/mol. The lowest BCUT2D eigenvalue weighted by Crippen LogP contribution is -2.55. The molecule has 33 heavy (non-hydrogen) atoms. The highest BCUT2D eigenvalue weighted by Gasteiger charge is 2.60. The summed E-state index contributed by atoms with van der Waals surface area (Å²) >= 11 is 6.38. The van der Waals surface area contributed by atoms with Crippen LogP contribution >= 0.6 is 11.6 Å². The molecule has 2 atom stereocenters. The molecule has 3 N–H and O–H groups in total. The first-order chi connectivity index (χ1) is 15.5. The van der Waals surface area contributed by atoms with Gasteiger partial charge in [0.2, 0.25) is 27.2 Å². The maximum atomic E-state index is 13.5. The van der Waals surface area contributed by atoms with Crippen molar-refractivity contribution in [1.82, 2.24) is 0 Å². The number of methoxy groups -OCH3 is 2. The van der Waals surface area contributed by atoms with Crippen molar-refractivity contribution in [1.29, 1.82) is 0 Å². The number of carbonyl (C=O) groups excluding carboxylic acids is 2. The third-order valence-corrected chi connectivity index (χ3v) is 7.08. The third kappa shape index (κ3) is 3.64. The number of nitrogens with one attached hydrogen (secondary N) is 1. The first kappa shape index (κ1) is 23.1. The smallest absolute Gasteiger partial charge is 0.238 e. The Hall–Kier alpha value is -3.08. The van der Waals surface area contributed by atoms with E-state index in [2.05, 4.69) is 5.32 Å². The molecule has 1 aliphatic heterocycles. The van der Waals surface area contributed by atoms with Crippen molar-refractivity contribution in [3.05, 3.63) is 52.7 Å². The number of fused-ring (bicyclic) bond motifs is 1. The first-order valence-electron chi connectivity index (χ1n) is 9.86. The fourth-order valence-corrected chi connectivity index (χ4v) is 4.91. The molecule has 0 bridgehead atoms. The quantitative estimate of drug-likeness (QED) is 0.608. The normalized spacial score (nSPS) is 22.0. The number of primary sulfonamides is 1. The zero-order valence-corrected chi connectivity index (χ0v) is 19.5. The number of ketones is 2.